The minimum Gasteiger partial charge on any atom is -0.465 e. The fraction of sp³-hybridized carbons (Fsp3) is 0.200. The van der Waals surface area contributed by atoms with Gasteiger partial charge in [-0.1, -0.05) is 0 Å². The van der Waals surface area contributed by atoms with E-state index in [1.807, 2.05) is 0 Å². The van der Waals surface area contributed by atoms with Crippen LogP contribution in [0.4, 0.5) is 10.1 Å². The second-order valence-electron chi connectivity index (χ2n) is 4.92. The summed E-state index contributed by atoms with van der Waals surface area (Å²) in [5.74, 6) is -1.82. The number of hydrogen-bond acceptors (Lipinski definition) is 6. The lowest BCUT2D eigenvalue weighted by atomic mass is 10.3. The maximum atomic E-state index is 12.8. The van der Waals surface area contributed by atoms with E-state index in [-0.39, 0.29) is 9.77 Å². The molecule has 1 amide bonds. The van der Waals surface area contributed by atoms with Gasteiger partial charge in [-0.2, -0.15) is 4.31 Å². The maximum absolute atomic E-state index is 12.8. The Morgan fingerprint density at radius 3 is 2.48 bits per heavy atom. The quantitative estimate of drug-likeness (QED) is 0.766. The first kappa shape index (κ1) is 19.0. The van der Waals surface area contributed by atoms with E-state index >= 15 is 0 Å². The standard InChI is InChI=1S/C15H15FN2O5S2/c1-18(9-13(19)17-11-5-3-10(16)4-6-11)25(21,22)12-7-8-24-14(12)15(20)23-2/h3-8H,9H2,1-2H3,(H,17,19). The lowest BCUT2D eigenvalue weighted by Gasteiger charge is -2.17. The molecule has 0 saturated carbocycles. The first-order valence-electron chi connectivity index (χ1n) is 6.93. The van der Waals surface area contributed by atoms with Crippen molar-refractivity contribution in [1.82, 2.24) is 4.31 Å². The van der Waals surface area contributed by atoms with E-state index in [1.54, 1.807) is 0 Å². The molecule has 0 unspecified atom stereocenters. The summed E-state index contributed by atoms with van der Waals surface area (Å²) in [4.78, 5) is 23.4. The number of thiophene rings is 1. The highest BCUT2D eigenvalue weighted by Gasteiger charge is 2.29. The molecule has 0 bridgehead atoms. The average molecular weight is 386 g/mol. The van der Waals surface area contributed by atoms with E-state index in [9.17, 15) is 22.4 Å². The van der Waals surface area contributed by atoms with E-state index < -0.39 is 34.3 Å². The van der Waals surface area contributed by atoms with Gasteiger partial charge < -0.3 is 10.1 Å². The topological polar surface area (TPSA) is 92.8 Å². The molecule has 0 aliphatic carbocycles. The average Bonchev–Trinajstić information content (AvgIpc) is 3.06. The van der Waals surface area contributed by atoms with Gasteiger partial charge in [0.05, 0.1) is 13.7 Å². The summed E-state index contributed by atoms with van der Waals surface area (Å²) in [5.41, 5.74) is 0.336. The molecule has 2 rings (SSSR count). The van der Waals surface area contributed by atoms with Crippen molar-refractivity contribution in [2.45, 2.75) is 4.90 Å². The molecule has 1 heterocycles. The first-order chi connectivity index (χ1) is 11.8. The molecule has 25 heavy (non-hydrogen) atoms. The monoisotopic (exact) mass is 386 g/mol. The highest BCUT2D eigenvalue weighted by atomic mass is 32.2. The number of halogens is 1. The zero-order chi connectivity index (χ0) is 18.6. The number of ether oxygens (including phenoxy) is 1. The van der Waals surface area contributed by atoms with Crippen LogP contribution in [0.1, 0.15) is 9.67 Å². The molecule has 134 valence electrons. The van der Waals surface area contributed by atoms with Gasteiger partial charge in [-0.3, -0.25) is 4.79 Å². The van der Waals surface area contributed by atoms with Crippen molar-refractivity contribution >= 4 is 38.9 Å². The van der Waals surface area contributed by atoms with E-state index in [0.717, 1.165) is 22.8 Å². The van der Waals surface area contributed by atoms with Crippen molar-refractivity contribution in [1.29, 1.82) is 0 Å². The summed E-state index contributed by atoms with van der Waals surface area (Å²) in [7, 11) is -1.68. The summed E-state index contributed by atoms with van der Waals surface area (Å²) in [5, 5.41) is 3.92. The molecule has 7 nitrogen and oxygen atoms in total. The molecular formula is C15H15FN2O5S2. The molecule has 0 aliphatic heterocycles. The third-order valence-electron chi connectivity index (χ3n) is 3.18. The van der Waals surface area contributed by atoms with Crippen LogP contribution in [-0.4, -0.2) is 45.3 Å². The van der Waals surface area contributed by atoms with Crippen LogP contribution in [-0.2, 0) is 19.6 Å². The van der Waals surface area contributed by atoms with Gasteiger partial charge in [0.25, 0.3) is 0 Å². The Labute approximate surface area is 148 Å². The minimum atomic E-state index is -4.05. The van der Waals surface area contributed by atoms with Crippen molar-refractivity contribution in [2.24, 2.45) is 0 Å². The fourth-order valence-corrected chi connectivity index (χ4v) is 4.36. The van der Waals surface area contributed by atoms with Gasteiger partial charge in [-0.25, -0.2) is 17.6 Å². The molecule has 0 spiro atoms. The molecule has 0 radical (unpaired) electrons. The molecule has 0 saturated heterocycles. The second-order valence-corrected chi connectivity index (χ2v) is 7.85. The summed E-state index contributed by atoms with van der Waals surface area (Å²) >= 11 is 0.933. The first-order valence-corrected chi connectivity index (χ1v) is 9.25. The van der Waals surface area contributed by atoms with Crippen molar-refractivity contribution < 1.29 is 27.1 Å². The second kappa shape index (κ2) is 7.72. The van der Waals surface area contributed by atoms with E-state index in [4.69, 9.17) is 0 Å². The van der Waals surface area contributed by atoms with Gasteiger partial charge >= 0.3 is 5.97 Å². The van der Waals surface area contributed by atoms with E-state index in [0.29, 0.717) is 5.69 Å². The number of methoxy groups -OCH3 is 1. The predicted octanol–water partition coefficient (Wildman–Crippen LogP) is 1.93. The number of carbonyl (C=O) groups is 2. The highest BCUT2D eigenvalue weighted by Crippen LogP contribution is 2.25. The number of benzene rings is 1. The van der Waals surface area contributed by atoms with Crippen LogP contribution >= 0.6 is 11.3 Å². The third-order valence-corrected chi connectivity index (χ3v) is 6.05. The van der Waals surface area contributed by atoms with Crippen LogP contribution in [0.25, 0.3) is 0 Å². The number of nitrogens with zero attached hydrogens (tertiary/aromatic N) is 1. The van der Waals surface area contributed by atoms with Gasteiger partial charge in [0.15, 0.2) is 0 Å². The number of carbonyl (C=O) groups excluding carboxylic acids is 2. The van der Waals surface area contributed by atoms with Crippen LogP contribution in [0.3, 0.4) is 0 Å². The minimum absolute atomic E-state index is 0.0618. The Morgan fingerprint density at radius 1 is 1.24 bits per heavy atom. The van der Waals surface area contributed by atoms with Crippen LogP contribution in [0.5, 0.6) is 0 Å². The third kappa shape index (κ3) is 4.41. The van der Waals surface area contributed by atoms with Crippen molar-refractivity contribution in [3.8, 4) is 0 Å². The SMILES string of the molecule is COC(=O)c1sccc1S(=O)(=O)N(C)CC(=O)Nc1ccc(F)cc1. The van der Waals surface area contributed by atoms with Crippen molar-refractivity contribution in [2.75, 3.05) is 26.0 Å². The number of amides is 1. The molecule has 0 atom stereocenters. The zero-order valence-corrected chi connectivity index (χ0v) is 15.0. The Balaban J connectivity index is 2.12. The largest absolute Gasteiger partial charge is 0.465 e. The normalized spacial score (nSPS) is 11.4. The van der Waals surface area contributed by atoms with Gasteiger partial charge in [-0.05, 0) is 35.7 Å². The van der Waals surface area contributed by atoms with Gasteiger partial charge in [-0.15, -0.1) is 11.3 Å². The van der Waals surface area contributed by atoms with Crippen LogP contribution in [0.2, 0.25) is 0 Å². The van der Waals surface area contributed by atoms with E-state index in [2.05, 4.69) is 10.1 Å². The Hall–Kier alpha value is -2.30. The summed E-state index contributed by atoms with van der Waals surface area (Å²) in [6.45, 7) is -0.476. The van der Waals surface area contributed by atoms with Gasteiger partial charge in [0.2, 0.25) is 15.9 Å². The number of hydrogen-bond donors (Lipinski definition) is 1. The number of esters is 1. The van der Waals surface area contributed by atoms with Crippen LogP contribution in [0, 0.1) is 5.82 Å². The predicted molar refractivity (Wildman–Crippen MR) is 90.5 cm³/mol. The van der Waals surface area contributed by atoms with Crippen molar-refractivity contribution in [3.05, 3.63) is 46.4 Å². The molecule has 1 aromatic heterocycles. The molecule has 10 heteroatoms. The number of nitrogens with one attached hydrogen (secondary N) is 1. The lowest BCUT2D eigenvalue weighted by Crippen LogP contribution is -2.35. The zero-order valence-electron chi connectivity index (χ0n) is 13.4. The smallest absolute Gasteiger partial charge is 0.349 e. The molecule has 1 aromatic carbocycles. The molecule has 2 aromatic rings. The Bertz CT molecular complexity index is 878. The molecular weight excluding hydrogens is 371 g/mol. The van der Waals surface area contributed by atoms with Gasteiger partial charge in [0.1, 0.15) is 15.6 Å². The maximum Gasteiger partial charge on any atom is 0.349 e. The summed E-state index contributed by atoms with van der Waals surface area (Å²) < 4.78 is 43.3. The lowest BCUT2D eigenvalue weighted by molar-refractivity contribution is -0.116. The Morgan fingerprint density at radius 2 is 1.88 bits per heavy atom. The van der Waals surface area contributed by atoms with Crippen molar-refractivity contribution in [3.63, 3.8) is 0 Å². The molecule has 1 N–H and O–H groups in total. The fourth-order valence-electron chi connectivity index (χ4n) is 1.93. The number of rotatable bonds is 6. The molecule has 0 fully saturated rings. The highest BCUT2D eigenvalue weighted by molar-refractivity contribution is 7.89. The van der Waals surface area contributed by atoms with Crippen LogP contribution in [0.15, 0.2) is 40.6 Å². The number of sulfonamides is 1. The number of anilines is 1. The summed E-state index contributed by atoms with van der Waals surface area (Å²) in [6.07, 6.45) is 0. The van der Waals surface area contributed by atoms with E-state index in [1.165, 1.54) is 42.8 Å². The summed E-state index contributed by atoms with van der Waals surface area (Å²) in [6, 6.07) is 6.33. The molecule has 0 aliphatic rings. The van der Waals surface area contributed by atoms with Crippen LogP contribution < -0.4 is 5.32 Å². The number of likely N-dealkylation sites (N-methyl/N-ethyl adjacent to an activating group) is 1. The van der Waals surface area contributed by atoms with Gasteiger partial charge in [0, 0.05) is 12.7 Å². The Kier molecular flexibility index (Phi) is 5.88.